The molecule has 2 heterocycles. The van der Waals surface area contributed by atoms with Crippen LogP contribution in [0.2, 0.25) is 0 Å². The highest BCUT2D eigenvalue weighted by Gasteiger charge is 2.36. The zero-order valence-electron chi connectivity index (χ0n) is 13.8. The normalized spacial score (nSPS) is 20.9. The molecule has 5 nitrogen and oxygen atoms in total. The van der Waals surface area contributed by atoms with Crippen LogP contribution < -0.4 is 4.74 Å². The Kier molecular flexibility index (Phi) is 4.22. The summed E-state index contributed by atoms with van der Waals surface area (Å²) in [6.07, 6.45) is 4.28. The molecule has 6 heteroatoms. The van der Waals surface area contributed by atoms with Crippen molar-refractivity contribution in [2.24, 2.45) is 5.92 Å². The Balaban J connectivity index is 1.48. The number of carbonyl (C=O) groups is 1. The Labute approximate surface area is 145 Å². The molecule has 2 aliphatic rings. The van der Waals surface area contributed by atoms with Gasteiger partial charge in [0.15, 0.2) is 0 Å². The molecule has 0 bridgehead atoms. The van der Waals surface area contributed by atoms with E-state index in [9.17, 15) is 4.79 Å². The zero-order valence-corrected chi connectivity index (χ0v) is 14.6. The van der Waals surface area contributed by atoms with Crippen molar-refractivity contribution in [3.05, 3.63) is 29.3 Å². The van der Waals surface area contributed by atoms with E-state index < -0.39 is 0 Å². The third kappa shape index (κ3) is 3.15. The van der Waals surface area contributed by atoms with Crippen LogP contribution in [-0.4, -0.2) is 41.2 Å². The van der Waals surface area contributed by atoms with Crippen LogP contribution in [0.15, 0.2) is 24.3 Å². The van der Waals surface area contributed by atoms with Gasteiger partial charge in [-0.05, 0) is 49.9 Å². The SMILES string of the molecule is COc1ccc(-c2nnc(C3CCCN(C(=O)C4CC4)C3)s2)cc1. The summed E-state index contributed by atoms with van der Waals surface area (Å²) in [6, 6.07) is 7.89. The molecule has 1 aromatic heterocycles. The first-order chi connectivity index (χ1) is 11.7. The molecule has 24 heavy (non-hydrogen) atoms. The summed E-state index contributed by atoms with van der Waals surface area (Å²) in [6.45, 7) is 1.70. The molecular formula is C18H21N3O2S. The number of rotatable bonds is 4. The Morgan fingerprint density at radius 3 is 2.71 bits per heavy atom. The minimum atomic E-state index is 0.299. The van der Waals surface area contributed by atoms with Gasteiger partial charge in [0.05, 0.1) is 7.11 Å². The fourth-order valence-corrected chi connectivity index (χ4v) is 4.19. The third-order valence-electron chi connectivity index (χ3n) is 4.79. The monoisotopic (exact) mass is 343 g/mol. The fourth-order valence-electron chi connectivity index (χ4n) is 3.22. The number of likely N-dealkylation sites (tertiary alicyclic amines) is 1. The molecule has 1 saturated carbocycles. The van der Waals surface area contributed by atoms with Gasteiger partial charge in [-0.1, -0.05) is 11.3 Å². The molecule has 1 aliphatic carbocycles. The van der Waals surface area contributed by atoms with Crippen molar-refractivity contribution in [1.82, 2.24) is 15.1 Å². The summed E-state index contributed by atoms with van der Waals surface area (Å²) < 4.78 is 5.19. The minimum Gasteiger partial charge on any atom is -0.497 e. The Morgan fingerprint density at radius 2 is 2.00 bits per heavy atom. The highest BCUT2D eigenvalue weighted by atomic mass is 32.1. The fraction of sp³-hybridized carbons (Fsp3) is 0.500. The number of hydrogen-bond acceptors (Lipinski definition) is 5. The average molecular weight is 343 g/mol. The lowest BCUT2D eigenvalue weighted by molar-refractivity contribution is -0.133. The average Bonchev–Trinajstić information content (AvgIpc) is 3.38. The van der Waals surface area contributed by atoms with E-state index in [1.54, 1.807) is 18.4 Å². The third-order valence-corrected chi connectivity index (χ3v) is 5.92. The molecular weight excluding hydrogens is 322 g/mol. The molecule has 4 rings (SSSR count). The first-order valence-corrected chi connectivity index (χ1v) is 9.33. The van der Waals surface area contributed by atoms with Gasteiger partial charge in [0, 0.05) is 30.5 Å². The topological polar surface area (TPSA) is 55.3 Å². The Hall–Kier alpha value is -1.95. The van der Waals surface area contributed by atoms with Crippen LogP contribution in [0.5, 0.6) is 5.75 Å². The molecule has 1 amide bonds. The molecule has 1 saturated heterocycles. The van der Waals surface area contributed by atoms with Crippen molar-refractivity contribution >= 4 is 17.2 Å². The zero-order chi connectivity index (χ0) is 16.5. The van der Waals surface area contributed by atoms with Gasteiger partial charge in [0.25, 0.3) is 0 Å². The van der Waals surface area contributed by atoms with Crippen LogP contribution in [-0.2, 0) is 4.79 Å². The largest absolute Gasteiger partial charge is 0.497 e. The number of methoxy groups -OCH3 is 1. The lowest BCUT2D eigenvalue weighted by Gasteiger charge is -2.31. The first-order valence-electron chi connectivity index (χ1n) is 8.51. The highest BCUT2D eigenvalue weighted by Crippen LogP contribution is 2.36. The highest BCUT2D eigenvalue weighted by molar-refractivity contribution is 7.14. The van der Waals surface area contributed by atoms with Gasteiger partial charge in [-0.2, -0.15) is 0 Å². The van der Waals surface area contributed by atoms with Gasteiger partial charge in [-0.25, -0.2) is 0 Å². The second-order valence-corrected chi connectivity index (χ2v) is 7.58. The molecule has 1 atom stereocenters. The van der Waals surface area contributed by atoms with Crippen molar-refractivity contribution in [3.8, 4) is 16.3 Å². The van der Waals surface area contributed by atoms with E-state index in [0.717, 1.165) is 60.1 Å². The molecule has 0 spiro atoms. The number of aromatic nitrogens is 2. The number of nitrogens with zero attached hydrogens (tertiary/aromatic N) is 3. The second kappa shape index (κ2) is 6.51. The Morgan fingerprint density at radius 1 is 1.21 bits per heavy atom. The van der Waals surface area contributed by atoms with Gasteiger partial charge in [-0.3, -0.25) is 4.79 Å². The van der Waals surface area contributed by atoms with Crippen molar-refractivity contribution in [2.75, 3.05) is 20.2 Å². The van der Waals surface area contributed by atoms with Gasteiger partial charge in [0.1, 0.15) is 15.8 Å². The molecule has 1 aromatic carbocycles. The molecule has 1 unspecified atom stereocenters. The van der Waals surface area contributed by atoms with Gasteiger partial charge in [0.2, 0.25) is 5.91 Å². The number of carbonyl (C=O) groups excluding carboxylic acids is 1. The van der Waals surface area contributed by atoms with E-state index in [-0.39, 0.29) is 0 Å². The van der Waals surface area contributed by atoms with Gasteiger partial charge >= 0.3 is 0 Å². The maximum atomic E-state index is 12.3. The second-order valence-electron chi connectivity index (χ2n) is 6.57. The van der Waals surface area contributed by atoms with E-state index in [4.69, 9.17) is 4.74 Å². The van der Waals surface area contributed by atoms with Crippen molar-refractivity contribution in [3.63, 3.8) is 0 Å². The number of piperidine rings is 1. The van der Waals surface area contributed by atoms with Crippen LogP contribution in [0.1, 0.15) is 36.6 Å². The van der Waals surface area contributed by atoms with Crippen LogP contribution >= 0.6 is 11.3 Å². The van der Waals surface area contributed by atoms with Gasteiger partial charge in [-0.15, -0.1) is 10.2 Å². The summed E-state index contributed by atoms with van der Waals surface area (Å²) in [7, 11) is 1.66. The number of amides is 1. The molecule has 0 N–H and O–H groups in total. The number of benzene rings is 1. The van der Waals surface area contributed by atoms with E-state index in [1.807, 2.05) is 29.2 Å². The smallest absolute Gasteiger partial charge is 0.225 e. The molecule has 2 fully saturated rings. The lowest BCUT2D eigenvalue weighted by atomic mass is 9.98. The predicted molar refractivity (Wildman–Crippen MR) is 93.2 cm³/mol. The Bertz CT molecular complexity index is 724. The minimum absolute atomic E-state index is 0.299. The van der Waals surface area contributed by atoms with E-state index >= 15 is 0 Å². The van der Waals surface area contributed by atoms with Crippen molar-refractivity contribution in [2.45, 2.75) is 31.6 Å². The maximum absolute atomic E-state index is 12.3. The molecule has 126 valence electrons. The van der Waals surface area contributed by atoms with E-state index in [2.05, 4.69) is 10.2 Å². The first kappa shape index (κ1) is 15.6. The quantitative estimate of drug-likeness (QED) is 0.854. The van der Waals surface area contributed by atoms with Gasteiger partial charge < -0.3 is 9.64 Å². The molecule has 0 radical (unpaired) electrons. The van der Waals surface area contributed by atoms with Crippen LogP contribution in [0.3, 0.4) is 0 Å². The summed E-state index contributed by atoms with van der Waals surface area (Å²) >= 11 is 1.64. The lowest BCUT2D eigenvalue weighted by Crippen LogP contribution is -2.39. The van der Waals surface area contributed by atoms with Crippen molar-refractivity contribution in [1.29, 1.82) is 0 Å². The number of ether oxygens (including phenoxy) is 1. The van der Waals surface area contributed by atoms with E-state index in [0.29, 0.717) is 17.7 Å². The summed E-state index contributed by atoms with van der Waals surface area (Å²) in [4.78, 5) is 14.3. The maximum Gasteiger partial charge on any atom is 0.225 e. The number of hydrogen-bond donors (Lipinski definition) is 0. The van der Waals surface area contributed by atoms with Crippen LogP contribution in [0, 0.1) is 5.92 Å². The van der Waals surface area contributed by atoms with Crippen LogP contribution in [0.25, 0.3) is 10.6 Å². The summed E-state index contributed by atoms with van der Waals surface area (Å²) in [5, 5.41) is 10.8. The van der Waals surface area contributed by atoms with Crippen molar-refractivity contribution < 1.29 is 9.53 Å². The summed E-state index contributed by atoms with van der Waals surface area (Å²) in [5.41, 5.74) is 1.06. The standard InChI is InChI=1S/C18H21N3O2S/c1-23-15-8-6-12(7-9-15)16-19-20-17(24-16)14-3-2-10-21(11-14)18(22)13-4-5-13/h6-9,13-14H,2-5,10-11H2,1H3. The molecule has 2 aromatic rings. The van der Waals surface area contributed by atoms with E-state index in [1.165, 1.54) is 0 Å². The molecule has 1 aliphatic heterocycles. The van der Waals surface area contributed by atoms with Crippen LogP contribution in [0.4, 0.5) is 0 Å². The predicted octanol–water partition coefficient (Wildman–Crippen LogP) is 3.33. The summed E-state index contributed by atoms with van der Waals surface area (Å²) in [5.74, 6) is 1.81.